The number of halogens is 1. The van der Waals surface area contributed by atoms with Crippen LogP contribution in [0.1, 0.15) is 24.3 Å². The van der Waals surface area contributed by atoms with Gasteiger partial charge in [-0.15, -0.1) is 0 Å². The van der Waals surface area contributed by atoms with Gasteiger partial charge in [0.25, 0.3) is 0 Å². The molecule has 0 unspecified atom stereocenters. The lowest BCUT2D eigenvalue weighted by molar-refractivity contribution is -0.146. The van der Waals surface area contributed by atoms with Crippen LogP contribution >= 0.6 is 11.6 Å². The Morgan fingerprint density at radius 2 is 2.15 bits per heavy atom. The Morgan fingerprint density at radius 3 is 2.92 bits per heavy atom. The number of likely N-dealkylation sites (tertiary alicyclic amines) is 1. The van der Waals surface area contributed by atoms with E-state index in [1.165, 1.54) is 7.11 Å². The van der Waals surface area contributed by atoms with E-state index in [0.717, 1.165) is 25.1 Å². The van der Waals surface area contributed by atoms with E-state index in [1.807, 2.05) is 6.92 Å². The first-order chi connectivity index (χ1) is 12.6. The minimum absolute atomic E-state index is 0.175. The molecule has 2 aliphatic rings. The Hall–Kier alpha value is -2.25. The molecule has 1 atom stereocenters. The van der Waals surface area contributed by atoms with Gasteiger partial charge in [0.15, 0.2) is 11.5 Å². The second-order valence-corrected chi connectivity index (χ2v) is 6.77. The Morgan fingerprint density at radius 1 is 1.38 bits per heavy atom. The van der Waals surface area contributed by atoms with E-state index in [4.69, 9.17) is 30.2 Å². The first-order valence-electron chi connectivity index (χ1n) is 8.44. The predicted molar refractivity (Wildman–Crippen MR) is 93.3 cm³/mol. The molecule has 2 aliphatic heterocycles. The molecule has 26 heavy (non-hydrogen) atoms. The molecule has 0 bridgehead atoms. The van der Waals surface area contributed by atoms with Crippen molar-refractivity contribution in [2.75, 3.05) is 20.4 Å². The van der Waals surface area contributed by atoms with E-state index < -0.39 is 0 Å². The van der Waals surface area contributed by atoms with Crippen LogP contribution < -0.4 is 9.47 Å². The number of fused-ring (bicyclic) bond motifs is 1. The van der Waals surface area contributed by atoms with Gasteiger partial charge in [0, 0.05) is 12.6 Å². The maximum atomic E-state index is 11.9. The lowest BCUT2D eigenvalue weighted by atomic mass is 10.2. The van der Waals surface area contributed by atoms with Crippen molar-refractivity contribution in [2.24, 2.45) is 0 Å². The van der Waals surface area contributed by atoms with Crippen LogP contribution in [0.2, 0.25) is 5.02 Å². The van der Waals surface area contributed by atoms with Crippen molar-refractivity contribution in [1.29, 1.82) is 0 Å². The number of hydrogen-bond donors (Lipinski definition) is 0. The summed E-state index contributed by atoms with van der Waals surface area (Å²) in [6, 6.07) is 3.24. The first kappa shape index (κ1) is 17.2. The Balaban J connectivity index is 1.59. The normalized spacial score (nSPS) is 19.1. The highest BCUT2D eigenvalue weighted by atomic mass is 35.5. The number of esters is 1. The van der Waals surface area contributed by atoms with Crippen molar-refractivity contribution >= 4 is 17.6 Å². The van der Waals surface area contributed by atoms with Crippen LogP contribution in [0.3, 0.4) is 0 Å². The van der Waals surface area contributed by atoms with Crippen LogP contribution in [0.25, 0.3) is 11.5 Å². The van der Waals surface area contributed by atoms with Gasteiger partial charge in [0.1, 0.15) is 11.8 Å². The van der Waals surface area contributed by atoms with Crippen molar-refractivity contribution in [3.05, 3.63) is 28.6 Å². The quantitative estimate of drug-likeness (QED) is 0.756. The molecule has 0 saturated carbocycles. The summed E-state index contributed by atoms with van der Waals surface area (Å²) in [7, 11) is 1.42. The lowest BCUT2D eigenvalue weighted by Gasteiger charge is -2.21. The minimum Gasteiger partial charge on any atom is -0.468 e. The first-order valence-corrected chi connectivity index (χ1v) is 8.82. The summed E-state index contributed by atoms with van der Waals surface area (Å²) in [4.78, 5) is 18.6. The van der Waals surface area contributed by atoms with Gasteiger partial charge in [0.2, 0.25) is 12.7 Å². The molecule has 0 spiro atoms. The van der Waals surface area contributed by atoms with Crippen molar-refractivity contribution in [2.45, 2.75) is 32.4 Å². The van der Waals surface area contributed by atoms with E-state index in [9.17, 15) is 4.79 Å². The SMILES string of the molecule is COC(=O)[C@@H]1CCCN1Cc1nc(-c2cc3c(cc2Cl)OCO3)oc1C. The molecule has 0 aliphatic carbocycles. The van der Waals surface area contributed by atoms with Crippen molar-refractivity contribution < 1.29 is 23.4 Å². The molecule has 0 radical (unpaired) electrons. The second-order valence-electron chi connectivity index (χ2n) is 6.36. The fourth-order valence-corrected chi connectivity index (χ4v) is 3.62. The molecular formula is C18H19ClN2O5. The molecule has 7 nitrogen and oxygen atoms in total. The summed E-state index contributed by atoms with van der Waals surface area (Å²) in [6.45, 7) is 3.38. The average Bonchev–Trinajstić information content (AvgIpc) is 3.34. The topological polar surface area (TPSA) is 74.0 Å². The zero-order valence-electron chi connectivity index (χ0n) is 14.6. The van der Waals surface area contributed by atoms with E-state index in [1.54, 1.807) is 12.1 Å². The number of aromatic nitrogens is 1. The molecule has 8 heteroatoms. The van der Waals surface area contributed by atoms with Crippen molar-refractivity contribution in [3.8, 4) is 23.0 Å². The third-order valence-electron chi connectivity index (χ3n) is 4.78. The second kappa shape index (κ2) is 6.81. The van der Waals surface area contributed by atoms with Gasteiger partial charge in [0.05, 0.1) is 23.4 Å². The Kier molecular flexibility index (Phi) is 4.50. The number of rotatable bonds is 4. The standard InChI is InChI=1S/C18H19ClN2O5/c1-10-13(8-21-5-3-4-14(21)18(22)23-2)20-17(26-10)11-6-15-16(7-12(11)19)25-9-24-15/h6-7,14H,3-5,8-9H2,1-2H3/t14-/m0/s1. The minimum atomic E-state index is -0.228. The van der Waals surface area contributed by atoms with Crippen molar-refractivity contribution in [1.82, 2.24) is 9.88 Å². The zero-order chi connectivity index (χ0) is 18.3. The molecule has 1 aromatic carbocycles. The number of carbonyl (C=O) groups is 1. The number of methoxy groups -OCH3 is 1. The highest BCUT2D eigenvalue weighted by Crippen LogP contribution is 2.41. The molecule has 0 amide bonds. The van der Waals surface area contributed by atoms with Gasteiger partial charge in [-0.25, -0.2) is 4.98 Å². The van der Waals surface area contributed by atoms with Crippen LogP contribution in [0.5, 0.6) is 11.5 Å². The summed E-state index contributed by atoms with van der Waals surface area (Å²) in [6.07, 6.45) is 1.75. The van der Waals surface area contributed by atoms with Gasteiger partial charge < -0.3 is 18.6 Å². The van der Waals surface area contributed by atoms with Crippen LogP contribution in [0.4, 0.5) is 0 Å². The van der Waals surface area contributed by atoms with Crippen molar-refractivity contribution in [3.63, 3.8) is 0 Å². The lowest BCUT2D eigenvalue weighted by Crippen LogP contribution is -2.36. The smallest absolute Gasteiger partial charge is 0.323 e. The van der Waals surface area contributed by atoms with Crippen LogP contribution in [-0.2, 0) is 16.1 Å². The molecular weight excluding hydrogens is 360 g/mol. The summed E-state index contributed by atoms with van der Waals surface area (Å²) in [5, 5.41) is 0.482. The van der Waals surface area contributed by atoms with Crippen LogP contribution in [0.15, 0.2) is 16.5 Å². The highest BCUT2D eigenvalue weighted by molar-refractivity contribution is 6.33. The zero-order valence-corrected chi connectivity index (χ0v) is 15.3. The number of carbonyl (C=O) groups excluding carboxylic acids is 1. The third-order valence-corrected chi connectivity index (χ3v) is 5.09. The fourth-order valence-electron chi connectivity index (χ4n) is 3.38. The molecule has 0 N–H and O–H groups in total. The predicted octanol–water partition coefficient (Wildman–Crippen LogP) is 3.17. The third kappa shape index (κ3) is 3.01. The van der Waals surface area contributed by atoms with Crippen LogP contribution in [-0.4, -0.2) is 42.3 Å². The van der Waals surface area contributed by atoms with Crippen LogP contribution in [0, 0.1) is 6.92 Å². The van der Waals surface area contributed by atoms with E-state index in [0.29, 0.717) is 40.3 Å². The molecule has 1 aromatic heterocycles. The summed E-state index contributed by atoms with van der Waals surface area (Å²) < 4.78 is 21.5. The number of oxazole rings is 1. The summed E-state index contributed by atoms with van der Waals surface area (Å²) in [5.74, 6) is 2.15. The number of hydrogen-bond acceptors (Lipinski definition) is 7. The molecule has 2 aromatic rings. The van der Waals surface area contributed by atoms with E-state index >= 15 is 0 Å². The largest absolute Gasteiger partial charge is 0.468 e. The van der Waals surface area contributed by atoms with E-state index in [2.05, 4.69) is 9.88 Å². The van der Waals surface area contributed by atoms with Gasteiger partial charge in [-0.2, -0.15) is 0 Å². The highest BCUT2D eigenvalue weighted by Gasteiger charge is 2.32. The number of aryl methyl sites for hydroxylation is 1. The summed E-state index contributed by atoms with van der Waals surface area (Å²) >= 11 is 6.35. The molecule has 1 saturated heterocycles. The fraction of sp³-hybridized carbons (Fsp3) is 0.444. The number of ether oxygens (including phenoxy) is 3. The Labute approximate surface area is 155 Å². The van der Waals surface area contributed by atoms with Gasteiger partial charge in [-0.1, -0.05) is 11.6 Å². The molecule has 4 rings (SSSR count). The maximum Gasteiger partial charge on any atom is 0.323 e. The van der Waals surface area contributed by atoms with Gasteiger partial charge in [-0.3, -0.25) is 9.69 Å². The van der Waals surface area contributed by atoms with Gasteiger partial charge in [-0.05, 0) is 32.4 Å². The number of benzene rings is 1. The molecule has 1 fully saturated rings. The van der Waals surface area contributed by atoms with Gasteiger partial charge >= 0.3 is 5.97 Å². The number of nitrogens with zero attached hydrogens (tertiary/aromatic N) is 2. The van der Waals surface area contributed by atoms with E-state index in [-0.39, 0.29) is 18.8 Å². The Bertz CT molecular complexity index is 850. The molecule has 3 heterocycles. The average molecular weight is 379 g/mol. The summed E-state index contributed by atoms with van der Waals surface area (Å²) in [5.41, 5.74) is 1.43. The maximum absolute atomic E-state index is 11.9. The molecule has 138 valence electrons. The monoisotopic (exact) mass is 378 g/mol.